The molecule has 1 fully saturated rings. The Labute approximate surface area is 124 Å². The number of carbonyl (C=O) groups is 1. The number of carboxylic acid groups (broad SMARTS) is 1. The first kappa shape index (κ1) is 15.3. The van der Waals surface area contributed by atoms with E-state index in [1.165, 1.54) is 0 Å². The Balaban J connectivity index is 1.89. The lowest BCUT2D eigenvalue weighted by atomic mass is 9.85. The zero-order chi connectivity index (χ0) is 14.6. The van der Waals surface area contributed by atoms with E-state index in [-0.39, 0.29) is 0 Å². The number of aliphatic carboxylic acids is 1. The van der Waals surface area contributed by atoms with Crippen LogP contribution < -0.4 is 4.90 Å². The third-order valence-corrected chi connectivity index (χ3v) is 4.78. The summed E-state index contributed by atoms with van der Waals surface area (Å²) in [4.78, 5) is 20.4. The molecule has 1 aliphatic heterocycles. The monoisotopic (exact) mass is 297 g/mol. The highest BCUT2D eigenvalue weighted by atomic mass is 32.1. The van der Waals surface area contributed by atoms with E-state index in [4.69, 9.17) is 0 Å². The smallest absolute Gasteiger partial charge is 0.310 e. The van der Waals surface area contributed by atoms with Crippen molar-refractivity contribution in [2.75, 3.05) is 37.6 Å². The molecule has 1 atom stereocenters. The Kier molecular flexibility index (Phi) is 4.99. The molecule has 0 amide bonds. The highest BCUT2D eigenvalue weighted by Crippen LogP contribution is 2.26. The predicted molar refractivity (Wildman–Crippen MR) is 81.4 cm³/mol. The number of hydrogen-bond acceptors (Lipinski definition) is 5. The summed E-state index contributed by atoms with van der Waals surface area (Å²) >= 11 is 1.66. The van der Waals surface area contributed by atoms with E-state index in [9.17, 15) is 9.90 Å². The average Bonchev–Trinajstić information content (AvgIpc) is 2.93. The van der Waals surface area contributed by atoms with Crippen LogP contribution in [0.25, 0.3) is 0 Å². The topological polar surface area (TPSA) is 56.7 Å². The largest absolute Gasteiger partial charge is 0.481 e. The molecule has 1 aromatic rings. The van der Waals surface area contributed by atoms with Gasteiger partial charge in [0, 0.05) is 44.3 Å². The van der Waals surface area contributed by atoms with Gasteiger partial charge in [-0.15, -0.1) is 11.3 Å². The fourth-order valence-electron chi connectivity index (χ4n) is 2.77. The first-order valence-electron chi connectivity index (χ1n) is 7.15. The first-order chi connectivity index (χ1) is 9.55. The molecule has 1 saturated heterocycles. The maximum absolute atomic E-state index is 11.5. The second-order valence-electron chi connectivity index (χ2n) is 5.69. The maximum Gasteiger partial charge on any atom is 0.310 e. The summed E-state index contributed by atoms with van der Waals surface area (Å²) in [6.07, 6.45) is 3.46. The van der Waals surface area contributed by atoms with Gasteiger partial charge in [0.25, 0.3) is 0 Å². The lowest BCUT2D eigenvalue weighted by molar-refractivity contribution is -0.149. The molecule has 2 rings (SSSR count). The zero-order valence-corrected chi connectivity index (χ0v) is 13.0. The molecule has 1 unspecified atom stereocenters. The average molecular weight is 297 g/mol. The van der Waals surface area contributed by atoms with Crippen molar-refractivity contribution < 1.29 is 9.90 Å². The molecule has 5 nitrogen and oxygen atoms in total. The molecule has 1 aromatic heterocycles. The van der Waals surface area contributed by atoms with Gasteiger partial charge in [-0.25, -0.2) is 4.98 Å². The third kappa shape index (κ3) is 3.49. The van der Waals surface area contributed by atoms with Crippen LogP contribution in [0.5, 0.6) is 0 Å². The van der Waals surface area contributed by atoms with Crippen LogP contribution in [0.1, 0.15) is 26.7 Å². The van der Waals surface area contributed by atoms with Crippen LogP contribution >= 0.6 is 11.3 Å². The highest BCUT2D eigenvalue weighted by Gasteiger charge is 2.35. The number of hydrogen-bond donors (Lipinski definition) is 1. The summed E-state index contributed by atoms with van der Waals surface area (Å²) in [5.74, 6) is -0.679. The Morgan fingerprint density at radius 1 is 1.45 bits per heavy atom. The highest BCUT2D eigenvalue weighted by molar-refractivity contribution is 7.13. The fourth-order valence-corrected chi connectivity index (χ4v) is 3.47. The molecule has 0 aliphatic carbocycles. The van der Waals surface area contributed by atoms with Gasteiger partial charge in [0.1, 0.15) is 0 Å². The van der Waals surface area contributed by atoms with Gasteiger partial charge in [-0.05, 0) is 13.3 Å². The Hall–Kier alpha value is -1.14. The minimum atomic E-state index is -0.679. The van der Waals surface area contributed by atoms with Gasteiger partial charge in [0.05, 0.1) is 5.41 Å². The molecule has 20 heavy (non-hydrogen) atoms. The van der Waals surface area contributed by atoms with E-state index in [1.54, 1.807) is 11.3 Å². The van der Waals surface area contributed by atoms with E-state index in [1.807, 2.05) is 25.4 Å². The van der Waals surface area contributed by atoms with Crippen LogP contribution in [0.2, 0.25) is 0 Å². The minimum absolute atomic E-state index is 0.627. The van der Waals surface area contributed by atoms with Gasteiger partial charge in [0.2, 0.25) is 0 Å². The van der Waals surface area contributed by atoms with Crippen LogP contribution in [-0.2, 0) is 4.79 Å². The van der Waals surface area contributed by atoms with Crippen molar-refractivity contribution in [1.29, 1.82) is 0 Å². The van der Waals surface area contributed by atoms with Crippen LogP contribution in [0.4, 0.5) is 5.13 Å². The van der Waals surface area contributed by atoms with Crippen molar-refractivity contribution >= 4 is 22.4 Å². The molecule has 0 bridgehead atoms. The Morgan fingerprint density at radius 3 is 2.65 bits per heavy atom. The SMILES string of the molecule is CCCC(C)(CN1CCN(c2nccs2)CC1)C(=O)O. The van der Waals surface area contributed by atoms with Crippen molar-refractivity contribution in [2.45, 2.75) is 26.7 Å². The fraction of sp³-hybridized carbons (Fsp3) is 0.714. The summed E-state index contributed by atoms with van der Waals surface area (Å²) in [6, 6.07) is 0. The van der Waals surface area contributed by atoms with E-state index in [0.717, 1.165) is 44.2 Å². The summed E-state index contributed by atoms with van der Waals surface area (Å²) < 4.78 is 0. The molecule has 0 saturated carbocycles. The predicted octanol–water partition coefficient (Wildman–Crippen LogP) is 2.16. The lowest BCUT2D eigenvalue weighted by Gasteiger charge is -2.38. The number of piperazine rings is 1. The van der Waals surface area contributed by atoms with E-state index >= 15 is 0 Å². The summed E-state index contributed by atoms with van der Waals surface area (Å²) in [6.45, 7) is 8.22. The Bertz CT molecular complexity index is 430. The molecule has 0 aromatic carbocycles. The lowest BCUT2D eigenvalue weighted by Crippen LogP contribution is -2.51. The molecule has 6 heteroatoms. The van der Waals surface area contributed by atoms with Crippen LogP contribution in [0, 0.1) is 5.41 Å². The van der Waals surface area contributed by atoms with Crippen molar-refractivity contribution in [3.05, 3.63) is 11.6 Å². The van der Waals surface area contributed by atoms with Gasteiger partial charge in [-0.1, -0.05) is 13.3 Å². The molecule has 0 spiro atoms. The van der Waals surface area contributed by atoms with Crippen LogP contribution in [0.3, 0.4) is 0 Å². The summed E-state index contributed by atoms with van der Waals surface area (Å²) in [5, 5.41) is 12.5. The van der Waals surface area contributed by atoms with Crippen LogP contribution in [0.15, 0.2) is 11.6 Å². The van der Waals surface area contributed by atoms with Crippen molar-refractivity contribution in [2.24, 2.45) is 5.41 Å². The molecular formula is C14H23N3O2S. The van der Waals surface area contributed by atoms with Crippen molar-refractivity contribution in [3.63, 3.8) is 0 Å². The first-order valence-corrected chi connectivity index (χ1v) is 8.03. The normalized spacial score (nSPS) is 19.8. The number of nitrogens with zero attached hydrogens (tertiary/aromatic N) is 3. The number of anilines is 1. The number of aromatic nitrogens is 1. The van der Waals surface area contributed by atoms with Crippen molar-refractivity contribution in [1.82, 2.24) is 9.88 Å². The second-order valence-corrected chi connectivity index (χ2v) is 6.57. The Morgan fingerprint density at radius 2 is 2.15 bits per heavy atom. The van der Waals surface area contributed by atoms with Crippen LogP contribution in [-0.4, -0.2) is 53.7 Å². The third-order valence-electron chi connectivity index (χ3n) is 3.95. The van der Waals surface area contributed by atoms with Gasteiger partial charge in [-0.2, -0.15) is 0 Å². The van der Waals surface area contributed by atoms with Gasteiger partial charge in [-0.3, -0.25) is 9.69 Å². The number of thiazole rings is 1. The van der Waals surface area contributed by atoms with Gasteiger partial charge in [0.15, 0.2) is 5.13 Å². The van der Waals surface area contributed by atoms with Gasteiger partial charge >= 0.3 is 5.97 Å². The standard InChI is InChI=1S/C14H23N3O2S/c1-3-4-14(2,12(18)19)11-16-6-8-17(9-7-16)13-15-5-10-20-13/h5,10H,3-4,6-9,11H2,1-2H3,(H,18,19). The van der Waals surface area contributed by atoms with Gasteiger partial charge < -0.3 is 10.0 Å². The summed E-state index contributed by atoms with van der Waals surface area (Å²) in [7, 11) is 0. The summed E-state index contributed by atoms with van der Waals surface area (Å²) in [5.41, 5.74) is -0.627. The molecule has 112 valence electrons. The molecular weight excluding hydrogens is 274 g/mol. The minimum Gasteiger partial charge on any atom is -0.481 e. The van der Waals surface area contributed by atoms with E-state index in [2.05, 4.69) is 14.8 Å². The number of rotatable bonds is 6. The second kappa shape index (κ2) is 6.54. The zero-order valence-electron chi connectivity index (χ0n) is 12.2. The quantitative estimate of drug-likeness (QED) is 0.872. The molecule has 2 heterocycles. The molecule has 1 N–H and O–H groups in total. The van der Waals surface area contributed by atoms with Crippen molar-refractivity contribution in [3.8, 4) is 0 Å². The van der Waals surface area contributed by atoms with E-state index < -0.39 is 11.4 Å². The number of carboxylic acids is 1. The molecule has 0 radical (unpaired) electrons. The maximum atomic E-state index is 11.5. The van der Waals surface area contributed by atoms with E-state index in [0.29, 0.717) is 6.54 Å². The molecule has 1 aliphatic rings.